The molecule has 1 heterocycles. The van der Waals surface area contributed by atoms with E-state index in [2.05, 4.69) is 6.92 Å². The van der Waals surface area contributed by atoms with Crippen molar-refractivity contribution in [3.05, 3.63) is 11.6 Å². The molecule has 1 aliphatic heterocycles. The molecule has 0 aromatic carbocycles. The summed E-state index contributed by atoms with van der Waals surface area (Å²) in [4.78, 5) is 21.9. The quantitative estimate of drug-likeness (QED) is 0.217. The van der Waals surface area contributed by atoms with Crippen LogP contribution in [0.1, 0.15) is 103 Å². The van der Waals surface area contributed by atoms with Gasteiger partial charge in [0.1, 0.15) is 6.10 Å². The average molecular weight is 353 g/mol. The molecule has 1 aliphatic rings. The number of unbranched alkanes of at least 4 members (excludes halogenated alkanes) is 11. The van der Waals surface area contributed by atoms with Crippen molar-refractivity contribution in [2.45, 2.75) is 109 Å². The van der Waals surface area contributed by atoms with Crippen LogP contribution in [0.5, 0.6) is 0 Å². The minimum Gasteiger partial charge on any atom is -0.481 e. The molecule has 4 heteroatoms. The Balaban J connectivity index is 1.96. The molecule has 1 fully saturated rings. The zero-order chi connectivity index (χ0) is 18.3. The zero-order valence-electron chi connectivity index (χ0n) is 15.9. The topological polar surface area (TPSA) is 63.6 Å². The average Bonchev–Trinajstić information content (AvgIpc) is 2.58. The predicted octanol–water partition coefficient (Wildman–Crippen LogP) is 5.79. The number of ether oxygens (including phenoxy) is 1. The van der Waals surface area contributed by atoms with Crippen LogP contribution in [0.2, 0.25) is 0 Å². The molecule has 0 bridgehead atoms. The first kappa shape index (κ1) is 21.7. The van der Waals surface area contributed by atoms with Crippen LogP contribution in [0.25, 0.3) is 0 Å². The Bertz CT molecular complexity index is 414. The van der Waals surface area contributed by atoms with Gasteiger partial charge in [0.25, 0.3) is 0 Å². The third kappa shape index (κ3) is 10.3. The van der Waals surface area contributed by atoms with Gasteiger partial charge in [-0.15, -0.1) is 0 Å². The minimum atomic E-state index is -0.785. The number of carbonyl (C=O) groups excluding carboxylic acids is 1. The van der Waals surface area contributed by atoms with Crippen LogP contribution in [-0.4, -0.2) is 23.1 Å². The van der Waals surface area contributed by atoms with Crippen molar-refractivity contribution in [1.29, 1.82) is 0 Å². The minimum absolute atomic E-state index is 0.0455. The fraction of sp³-hybridized carbons (Fsp3) is 0.810. The van der Waals surface area contributed by atoms with E-state index in [1.54, 1.807) is 0 Å². The summed E-state index contributed by atoms with van der Waals surface area (Å²) in [6.45, 7) is 2.25. The van der Waals surface area contributed by atoms with Crippen LogP contribution >= 0.6 is 0 Å². The number of allylic oxidation sites excluding steroid dienone is 1. The Hall–Kier alpha value is -1.32. The van der Waals surface area contributed by atoms with Gasteiger partial charge < -0.3 is 9.84 Å². The molecule has 0 saturated carbocycles. The molecule has 1 atom stereocenters. The van der Waals surface area contributed by atoms with Gasteiger partial charge in [-0.25, -0.2) is 4.79 Å². The van der Waals surface area contributed by atoms with Gasteiger partial charge in [-0.1, -0.05) is 77.2 Å². The second kappa shape index (κ2) is 13.9. The predicted molar refractivity (Wildman–Crippen MR) is 101 cm³/mol. The fourth-order valence-electron chi connectivity index (χ4n) is 3.27. The number of aliphatic carboxylic acids is 1. The maximum atomic E-state index is 11.5. The van der Waals surface area contributed by atoms with Gasteiger partial charge in [-0.3, -0.25) is 4.79 Å². The normalized spacial score (nSPS) is 18.2. The smallest absolute Gasteiger partial charge is 0.338 e. The monoisotopic (exact) mass is 352 g/mol. The number of carbonyl (C=O) groups is 2. The lowest BCUT2D eigenvalue weighted by Crippen LogP contribution is -2.36. The van der Waals surface area contributed by atoms with Crippen LogP contribution < -0.4 is 0 Å². The molecule has 0 aromatic heterocycles. The Morgan fingerprint density at radius 3 is 2.04 bits per heavy atom. The highest BCUT2D eigenvalue weighted by atomic mass is 16.6. The Kier molecular flexibility index (Phi) is 12.1. The summed E-state index contributed by atoms with van der Waals surface area (Å²) in [7, 11) is 0. The Labute approximate surface area is 153 Å². The summed E-state index contributed by atoms with van der Waals surface area (Å²) >= 11 is 0. The number of cyclic esters (lactones) is 1. The summed E-state index contributed by atoms with van der Waals surface area (Å²) in [5.74, 6) is -1.00. The molecule has 0 amide bonds. The number of hydrogen-bond acceptors (Lipinski definition) is 3. The summed E-state index contributed by atoms with van der Waals surface area (Å²) in [5, 5.41) is 8.61. The lowest BCUT2D eigenvalue weighted by Gasteiger charge is -2.29. The lowest BCUT2D eigenvalue weighted by molar-refractivity contribution is -0.156. The van der Waals surface area contributed by atoms with Crippen LogP contribution in [-0.2, 0) is 14.3 Å². The molecular weight excluding hydrogens is 316 g/mol. The first-order valence-electron chi connectivity index (χ1n) is 10.3. The summed E-state index contributed by atoms with van der Waals surface area (Å²) in [6, 6.07) is 0. The molecule has 144 valence electrons. The molecule has 25 heavy (non-hydrogen) atoms. The van der Waals surface area contributed by atoms with E-state index < -0.39 is 5.97 Å². The number of carboxylic acid groups (broad SMARTS) is 1. The second-order valence-corrected chi connectivity index (χ2v) is 7.16. The number of rotatable bonds is 16. The van der Waals surface area contributed by atoms with Crippen LogP contribution in [0.4, 0.5) is 0 Å². The van der Waals surface area contributed by atoms with Crippen molar-refractivity contribution < 1.29 is 19.4 Å². The van der Waals surface area contributed by atoms with Crippen LogP contribution in [0.3, 0.4) is 0 Å². The molecule has 1 rings (SSSR count). The van der Waals surface area contributed by atoms with Crippen molar-refractivity contribution in [2.75, 3.05) is 0 Å². The van der Waals surface area contributed by atoms with Crippen molar-refractivity contribution >= 4 is 11.9 Å². The highest BCUT2D eigenvalue weighted by molar-refractivity contribution is 5.95. The van der Waals surface area contributed by atoms with Crippen molar-refractivity contribution in [1.82, 2.24) is 0 Å². The van der Waals surface area contributed by atoms with Gasteiger partial charge in [0, 0.05) is 6.42 Å². The first-order chi connectivity index (χ1) is 12.1. The molecule has 0 aliphatic carbocycles. The first-order valence-corrected chi connectivity index (χ1v) is 10.3. The lowest BCUT2D eigenvalue weighted by atomic mass is 9.96. The molecule has 1 saturated heterocycles. The Morgan fingerprint density at radius 1 is 0.960 bits per heavy atom. The zero-order valence-corrected chi connectivity index (χ0v) is 15.9. The molecule has 1 N–H and O–H groups in total. The van der Waals surface area contributed by atoms with E-state index in [0.717, 1.165) is 18.4 Å². The fourth-order valence-corrected chi connectivity index (χ4v) is 3.27. The number of esters is 1. The van der Waals surface area contributed by atoms with E-state index in [4.69, 9.17) is 9.84 Å². The van der Waals surface area contributed by atoms with E-state index in [0.29, 0.717) is 12.8 Å². The van der Waals surface area contributed by atoms with Crippen LogP contribution in [0, 0.1) is 0 Å². The van der Waals surface area contributed by atoms with Gasteiger partial charge in [0.2, 0.25) is 0 Å². The highest BCUT2D eigenvalue weighted by Crippen LogP contribution is 2.27. The van der Waals surface area contributed by atoms with Crippen molar-refractivity contribution in [3.63, 3.8) is 0 Å². The van der Waals surface area contributed by atoms with Crippen molar-refractivity contribution in [3.8, 4) is 0 Å². The molecular formula is C21H36O4. The summed E-state index contributed by atoms with van der Waals surface area (Å²) in [5.41, 5.74) is 0.762. The standard InChI is InChI=1S/C21H36O4/c1-2-3-4-5-6-7-8-9-10-11-12-16-19-18(21(24)25-19)15-13-14-17-20(22)23/h15,19H,2-14,16-17H2,1H3,(H,22,23). The van der Waals surface area contributed by atoms with Gasteiger partial charge in [0.05, 0.1) is 5.57 Å². The third-order valence-electron chi connectivity index (χ3n) is 4.86. The van der Waals surface area contributed by atoms with Gasteiger partial charge >= 0.3 is 11.9 Å². The molecule has 0 aromatic rings. The van der Waals surface area contributed by atoms with Gasteiger partial charge in [-0.05, 0) is 25.7 Å². The number of carboxylic acids is 1. The van der Waals surface area contributed by atoms with E-state index in [1.165, 1.54) is 64.2 Å². The summed E-state index contributed by atoms with van der Waals surface area (Å²) in [6.07, 6.45) is 18.6. The summed E-state index contributed by atoms with van der Waals surface area (Å²) < 4.78 is 5.20. The molecule has 0 radical (unpaired) electrons. The highest BCUT2D eigenvalue weighted by Gasteiger charge is 2.34. The molecule has 1 unspecified atom stereocenters. The molecule has 4 nitrogen and oxygen atoms in total. The van der Waals surface area contributed by atoms with Gasteiger partial charge in [-0.2, -0.15) is 0 Å². The van der Waals surface area contributed by atoms with Crippen LogP contribution in [0.15, 0.2) is 11.6 Å². The van der Waals surface area contributed by atoms with E-state index in [-0.39, 0.29) is 18.5 Å². The third-order valence-corrected chi connectivity index (χ3v) is 4.86. The van der Waals surface area contributed by atoms with E-state index in [9.17, 15) is 9.59 Å². The van der Waals surface area contributed by atoms with E-state index >= 15 is 0 Å². The Morgan fingerprint density at radius 2 is 1.52 bits per heavy atom. The maximum absolute atomic E-state index is 11.5. The maximum Gasteiger partial charge on any atom is 0.338 e. The van der Waals surface area contributed by atoms with E-state index in [1.807, 2.05) is 6.08 Å². The van der Waals surface area contributed by atoms with Crippen molar-refractivity contribution in [2.24, 2.45) is 0 Å². The largest absolute Gasteiger partial charge is 0.481 e. The number of hydrogen-bond donors (Lipinski definition) is 1. The molecule has 0 spiro atoms. The van der Waals surface area contributed by atoms with Gasteiger partial charge in [0.15, 0.2) is 0 Å². The second-order valence-electron chi connectivity index (χ2n) is 7.16. The SMILES string of the molecule is CCCCCCCCCCCCCC1OC(=O)C1=CCCCC(=O)O.